The molecule has 6 aromatic rings. The van der Waals surface area contributed by atoms with Gasteiger partial charge >= 0.3 is 12.1 Å². The molecular formula is C34H41N13O4. The van der Waals surface area contributed by atoms with Crippen molar-refractivity contribution in [2.45, 2.75) is 54.1 Å². The van der Waals surface area contributed by atoms with Crippen LogP contribution in [0.5, 0.6) is 0 Å². The SMILES string of the molecule is Cc1cc(-c2cnc(C(=O)O)cn2)n(C)n1.Cc1cc(-c2cnc(NC(=O)OC(C)(C)C)cn2)n(C)n1.Cc1cnc(-c2cc(C)nn2C)cn1. The van der Waals surface area contributed by atoms with Gasteiger partial charge in [-0.3, -0.25) is 34.3 Å². The Bertz CT molecular complexity index is 2090. The molecule has 51 heavy (non-hydrogen) atoms. The van der Waals surface area contributed by atoms with Crippen LogP contribution in [-0.4, -0.2) is 82.0 Å². The molecular weight excluding hydrogens is 654 g/mol. The number of carbonyl (C=O) groups is 2. The molecule has 2 N–H and O–H groups in total. The Kier molecular flexibility index (Phi) is 11.7. The molecule has 266 valence electrons. The summed E-state index contributed by atoms with van der Waals surface area (Å²) in [6.07, 6.45) is 8.72. The summed E-state index contributed by atoms with van der Waals surface area (Å²) in [5.41, 5.74) is 7.90. The van der Waals surface area contributed by atoms with E-state index in [4.69, 9.17) is 9.84 Å². The molecule has 6 heterocycles. The molecule has 0 spiro atoms. The monoisotopic (exact) mass is 695 g/mol. The average Bonchev–Trinajstić information content (AvgIpc) is 3.70. The Morgan fingerprint density at radius 3 is 1.35 bits per heavy atom. The first-order chi connectivity index (χ1) is 24.0. The second kappa shape index (κ2) is 15.9. The van der Waals surface area contributed by atoms with E-state index in [0.717, 1.165) is 45.6 Å². The number of amides is 1. The van der Waals surface area contributed by atoms with E-state index in [9.17, 15) is 9.59 Å². The van der Waals surface area contributed by atoms with E-state index in [-0.39, 0.29) is 5.69 Å². The molecule has 0 aliphatic rings. The van der Waals surface area contributed by atoms with Gasteiger partial charge in [0.1, 0.15) is 22.7 Å². The number of aryl methyl sites for hydroxylation is 7. The Balaban J connectivity index is 0.000000175. The maximum atomic E-state index is 11.6. The number of aromatic carboxylic acids is 1. The van der Waals surface area contributed by atoms with Gasteiger partial charge in [0, 0.05) is 27.3 Å². The number of nitrogens with one attached hydrogen (secondary N) is 1. The lowest BCUT2D eigenvalue weighted by molar-refractivity contribution is 0.0633. The van der Waals surface area contributed by atoms with Gasteiger partial charge in [0.05, 0.1) is 70.8 Å². The summed E-state index contributed by atoms with van der Waals surface area (Å²) in [6.45, 7) is 13.1. The molecule has 6 aromatic heterocycles. The minimum Gasteiger partial charge on any atom is -0.476 e. The molecule has 6 rings (SSSR count). The number of anilines is 1. The molecule has 17 heteroatoms. The number of ether oxygens (including phenoxy) is 1. The predicted molar refractivity (Wildman–Crippen MR) is 188 cm³/mol. The number of carboxylic acid groups (broad SMARTS) is 1. The molecule has 0 aromatic carbocycles. The van der Waals surface area contributed by atoms with Crippen LogP contribution in [0, 0.1) is 27.7 Å². The van der Waals surface area contributed by atoms with Gasteiger partial charge in [0.2, 0.25) is 0 Å². The zero-order chi connectivity index (χ0) is 37.5. The summed E-state index contributed by atoms with van der Waals surface area (Å²) >= 11 is 0. The Morgan fingerprint density at radius 1 is 0.608 bits per heavy atom. The van der Waals surface area contributed by atoms with Gasteiger partial charge in [0.25, 0.3) is 0 Å². The largest absolute Gasteiger partial charge is 0.476 e. The van der Waals surface area contributed by atoms with Crippen LogP contribution in [0.3, 0.4) is 0 Å². The highest BCUT2D eigenvalue weighted by atomic mass is 16.6. The number of rotatable bonds is 5. The lowest BCUT2D eigenvalue weighted by Crippen LogP contribution is -2.27. The van der Waals surface area contributed by atoms with Crippen molar-refractivity contribution in [3.8, 4) is 34.2 Å². The van der Waals surface area contributed by atoms with Crippen molar-refractivity contribution >= 4 is 17.9 Å². The Morgan fingerprint density at radius 2 is 1.04 bits per heavy atom. The van der Waals surface area contributed by atoms with Gasteiger partial charge in [-0.2, -0.15) is 15.3 Å². The Labute approximate surface area is 294 Å². The highest BCUT2D eigenvalue weighted by Crippen LogP contribution is 2.19. The van der Waals surface area contributed by atoms with Crippen LogP contribution in [0.25, 0.3) is 34.2 Å². The summed E-state index contributed by atoms with van der Waals surface area (Å²) in [5.74, 6) is -0.743. The number of aromatic nitrogens is 12. The predicted octanol–water partition coefficient (Wildman–Crippen LogP) is 4.91. The topological polar surface area (TPSA) is 206 Å². The number of hydrogen-bond donors (Lipinski definition) is 2. The van der Waals surface area contributed by atoms with E-state index in [2.05, 4.69) is 50.5 Å². The van der Waals surface area contributed by atoms with E-state index in [1.807, 2.05) is 64.7 Å². The van der Waals surface area contributed by atoms with Gasteiger partial charge in [-0.1, -0.05) is 0 Å². The summed E-state index contributed by atoms with van der Waals surface area (Å²) < 4.78 is 10.4. The number of carbonyl (C=O) groups excluding carboxylic acids is 1. The number of nitrogens with zero attached hydrogens (tertiary/aromatic N) is 12. The minimum absolute atomic E-state index is 0.0670. The first kappa shape index (κ1) is 37.4. The molecule has 0 fully saturated rings. The van der Waals surface area contributed by atoms with Crippen LogP contribution < -0.4 is 5.32 Å². The smallest absolute Gasteiger partial charge is 0.413 e. The fourth-order valence-electron chi connectivity index (χ4n) is 4.58. The van der Waals surface area contributed by atoms with E-state index >= 15 is 0 Å². The molecule has 0 aliphatic heterocycles. The van der Waals surface area contributed by atoms with Crippen molar-refractivity contribution in [2.24, 2.45) is 21.1 Å². The third-order valence-corrected chi connectivity index (χ3v) is 6.73. The summed E-state index contributed by atoms with van der Waals surface area (Å²) in [4.78, 5) is 47.0. The van der Waals surface area contributed by atoms with Crippen LogP contribution >= 0.6 is 0 Å². The van der Waals surface area contributed by atoms with Crippen LogP contribution in [-0.2, 0) is 25.9 Å². The number of hydrogen-bond acceptors (Lipinski definition) is 12. The third-order valence-electron chi connectivity index (χ3n) is 6.73. The maximum absolute atomic E-state index is 11.6. The number of carboxylic acids is 1. The summed E-state index contributed by atoms with van der Waals surface area (Å²) in [5, 5.41) is 23.9. The molecule has 0 radical (unpaired) electrons. The van der Waals surface area contributed by atoms with Crippen LogP contribution in [0.2, 0.25) is 0 Å². The quantitative estimate of drug-likeness (QED) is 0.246. The lowest BCUT2D eigenvalue weighted by atomic mass is 10.2. The van der Waals surface area contributed by atoms with E-state index in [1.165, 1.54) is 18.6 Å². The molecule has 1 amide bonds. The maximum Gasteiger partial charge on any atom is 0.413 e. The molecule has 17 nitrogen and oxygen atoms in total. The fourth-order valence-corrected chi connectivity index (χ4v) is 4.58. The van der Waals surface area contributed by atoms with Gasteiger partial charge in [-0.15, -0.1) is 0 Å². The highest BCUT2D eigenvalue weighted by Gasteiger charge is 2.17. The van der Waals surface area contributed by atoms with E-state index in [0.29, 0.717) is 17.2 Å². The van der Waals surface area contributed by atoms with Crippen LogP contribution in [0.15, 0.2) is 55.4 Å². The van der Waals surface area contributed by atoms with Gasteiger partial charge in [0.15, 0.2) is 11.5 Å². The van der Waals surface area contributed by atoms with Crippen molar-refractivity contribution in [3.05, 3.63) is 83.8 Å². The standard InChI is InChI=1S/C14H19N5O2.C10H10N4O2.C10H12N4/c1-9-6-11(19(5)18-9)10-7-16-12(8-15-10)17-13(20)21-14(2,3)4;1-6-3-9(14(2)13-6)7-4-12-8(5-11-7)10(15)16;1-7-4-10(14(3)13-7)9-6-11-8(2)5-12-9/h6-8H,1-5H3,(H,16,17,20);3-5H,1-2H3,(H,15,16);4-6H,1-3H3. The second-order valence-corrected chi connectivity index (χ2v) is 12.4. The van der Waals surface area contributed by atoms with E-state index in [1.54, 1.807) is 55.8 Å². The van der Waals surface area contributed by atoms with Crippen molar-refractivity contribution in [1.29, 1.82) is 0 Å². The van der Waals surface area contributed by atoms with E-state index < -0.39 is 17.7 Å². The first-order valence-corrected chi connectivity index (χ1v) is 15.7. The van der Waals surface area contributed by atoms with Crippen molar-refractivity contribution in [1.82, 2.24) is 59.2 Å². The second-order valence-electron chi connectivity index (χ2n) is 12.4. The summed E-state index contributed by atoms with van der Waals surface area (Å²) in [7, 11) is 5.55. The van der Waals surface area contributed by atoms with Crippen LogP contribution in [0.1, 0.15) is 54.0 Å². The normalized spacial score (nSPS) is 10.8. The highest BCUT2D eigenvalue weighted by molar-refractivity contribution is 5.85. The van der Waals surface area contributed by atoms with Gasteiger partial charge < -0.3 is 9.84 Å². The van der Waals surface area contributed by atoms with Crippen LogP contribution in [0.4, 0.5) is 10.6 Å². The summed E-state index contributed by atoms with van der Waals surface area (Å²) in [6, 6.07) is 5.79. The average molecular weight is 696 g/mol. The zero-order valence-electron chi connectivity index (χ0n) is 30.2. The molecule has 0 saturated carbocycles. The molecule has 0 bridgehead atoms. The molecule has 0 atom stereocenters. The third kappa shape index (κ3) is 10.5. The molecule has 0 unspecified atom stereocenters. The van der Waals surface area contributed by atoms with Crippen molar-refractivity contribution in [2.75, 3.05) is 5.32 Å². The molecule has 0 aliphatic carbocycles. The van der Waals surface area contributed by atoms with Gasteiger partial charge in [-0.05, 0) is 66.7 Å². The van der Waals surface area contributed by atoms with Gasteiger partial charge in [-0.25, -0.2) is 24.5 Å². The molecule has 0 saturated heterocycles. The first-order valence-electron chi connectivity index (χ1n) is 15.7. The van der Waals surface area contributed by atoms with Crippen molar-refractivity contribution < 1.29 is 19.4 Å². The Hall–Kier alpha value is -6.39. The lowest BCUT2D eigenvalue weighted by Gasteiger charge is -2.19. The fraction of sp³-hybridized carbons (Fsp3) is 0.324. The van der Waals surface area contributed by atoms with Crippen molar-refractivity contribution in [3.63, 3.8) is 0 Å². The minimum atomic E-state index is -1.08. The zero-order valence-corrected chi connectivity index (χ0v) is 30.2.